The molecule has 0 radical (unpaired) electrons. The van der Waals surface area contributed by atoms with Crippen molar-refractivity contribution < 1.29 is 0 Å². The van der Waals surface area contributed by atoms with Crippen molar-refractivity contribution >= 4 is 17.0 Å². The lowest BCUT2D eigenvalue weighted by atomic mass is 10.1. The minimum absolute atomic E-state index is 1.06. The van der Waals surface area contributed by atoms with Crippen molar-refractivity contribution in [2.24, 2.45) is 0 Å². The maximum absolute atomic E-state index is 4.38. The number of hydrogen-bond donors (Lipinski definition) is 0. The fraction of sp³-hybridized carbons (Fsp3) is 0.312. The number of allylic oxidation sites excluding steroid dienone is 1. The van der Waals surface area contributed by atoms with Crippen molar-refractivity contribution in [3.63, 3.8) is 0 Å². The normalized spacial score (nSPS) is 10.3. The summed E-state index contributed by atoms with van der Waals surface area (Å²) in [6.07, 6.45) is 8.48. The zero-order valence-corrected chi connectivity index (χ0v) is 11.0. The molecule has 2 aromatic rings. The highest BCUT2D eigenvalue weighted by molar-refractivity contribution is 5.80. The first-order valence-corrected chi connectivity index (χ1v) is 6.33. The van der Waals surface area contributed by atoms with Gasteiger partial charge in [-0.2, -0.15) is 0 Å². The first-order valence-electron chi connectivity index (χ1n) is 6.33. The molecular formula is C16H21N. The van der Waals surface area contributed by atoms with Gasteiger partial charge in [-0.3, -0.25) is 4.98 Å². The number of nitrogens with zero attached hydrogens (tertiary/aromatic N) is 1. The number of aromatic nitrogens is 1. The Bertz CT molecular complexity index is 472. The van der Waals surface area contributed by atoms with E-state index in [-0.39, 0.29) is 0 Å². The van der Waals surface area contributed by atoms with Crippen LogP contribution in [0.3, 0.4) is 0 Å². The zero-order valence-electron chi connectivity index (χ0n) is 11.0. The van der Waals surface area contributed by atoms with E-state index in [1.54, 1.807) is 0 Å². The molecule has 0 saturated carbocycles. The standard InChI is InChI=1S/C13H13N.C3H8/c1-2-3-6-11-9-12-7-4-5-8-13(12)14-10-11;1-3-2/h3-10H,2H2,1H3;3H2,1-2H3/b6-3+;. The van der Waals surface area contributed by atoms with E-state index < -0.39 is 0 Å². The van der Waals surface area contributed by atoms with Gasteiger partial charge >= 0.3 is 0 Å². The Morgan fingerprint density at radius 2 is 1.82 bits per heavy atom. The second-order valence-corrected chi connectivity index (χ2v) is 3.98. The molecule has 17 heavy (non-hydrogen) atoms. The molecule has 1 heterocycles. The Morgan fingerprint density at radius 3 is 2.53 bits per heavy atom. The summed E-state index contributed by atoms with van der Waals surface area (Å²) in [5.74, 6) is 0. The SMILES string of the molecule is CC/C=C/c1cnc2ccccc2c1.CCC. The Labute approximate surface area is 104 Å². The Hall–Kier alpha value is -1.63. The van der Waals surface area contributed by atoms with Crippen molar-refractivity contribution in [1.82, 2.24) is 4.98 Å². The van der Waals surface area contributed by atoms with Gasteiger partial charge in [0.2, 0.25) is 0 Å². The van der Waals surface area contributed by atoms with Crippen LogP contribution in [-0.2, 0) is 0 Å². The summed E-state index contributed by atoms with van der Waals surface area (Å²) in [7, 11) is 0. The lowest BCUT2D eigenvalue weighted by Crippen LogP contribution is -1.79. The van der Waals surface area contributed by atoms with Crippen molar-refractivity contribution in [1.29, 1.82) is 0 Å². The van der Waals surface area contributed by atoms with Gasteiger partial charge in [-0.25, -0.2) is 0 Å². The lowest BCUT2D eigenvalue weighted by molar-refractivity contribution is 1.09. The predicted octanol–water partition coefficient (Wildman–Crippen LogP) is 5.07. The molecule has 2 rings (SSSR count). The largest absolute Gasteiger partial charge is 0.256 e. The summed E-state index contributed by atoms with van der Waals surface area (Å²) in [5.41, 5.74) is 2.23. The van der Waals surface area contributed by atoms with E-state index in [0.29, 0.717) is 0 Å². The van der Waals surface area contributed by atoms with Gasteiger partial charge in [-0.1, -0.05) is 57.5 Å². The molecule has 0 aliphatic carbocycles. The van der Waals surface area contributed by atoms with Crippen LogP contribution >= 0.6 is 0 Å². The average Bonchev–Trinajstić information content (AvgIpc) is 2.37. The number of hydrogen-bond acceptors (Lipinski definition) is 1. The van der Waals surface area contributed by atoms with Crippen LogP contribution in [0.1, 0.15) is 39.2 Å². The van der Waals surface area contributed by atoms with Crippen molar-refractivity contribution in [2.45, 2.75) is 33.6 Å². The summed E-state index contributed by atoms with van der Waals surface area (Å²) in [6, 6.07) is 10.3. The van der Waals surface area contributed by atoms with Gasteiger partial charge in [0.05, 0.1) is 5.52 Å². The van der Waals surface area contributed by atoms with Crippen molar-refractivity contribution in [3.05, 3.63) is 48.2 Å². The van der Waals surface area contributed by atoms with Gasteiger partial charge in [0, 0.05) is 11.6 Å². The summed E-state index contributed by atoms with van der Waals surface area (Å²) in [5, 5.41) is 1.20. The van der Waals surface area contributed by atoms with Crippen LogP contribution in [-0.4, -0.2) is 4.98 Å². The molecule has 0 aliphatic rings. The Balaban J connectivity index is 0.000000437. The first-order chi connectivity index (χ1) is 8.31. The number of pyridine rings is 1. The maximum Gasteiger partial charge on any atom is 0.0702 e. The Morgan fingerprint density at radius 1 is 1.12 bits per heavy atom. The number of benzene rings is 1. The van der Waals surface area contributed by atoms with Gasteiger partial charge in [0.25, 0.3) is 0 Å². The number of rotatable bonds is 2. The van der Waals surface area contributed by atoms with Gasteiger partial charge < -0.3 is 0 Å². The summed E-state index contributed by atoms with van der Waals surface area (Å²) < 4.78 is 0. The van der Waals surface area contributed by atoms with Crippen molar-refractivity contribution in [3.8, 4) is 0 Å². The van der Waals surface area contributed by atoms with Crippen LogP contribution in [0.4, 0.5) is 0 Å². The van der Waals surface area contributed by atoms with E-state index in [1.165, 1.54) is 17.4 Å². The molecule has 0 spiro atoms. The Kier molecular flexibility index (Phi) is 6.02. The molecule has 0 aliphatic heterocycles. The number of fused-ring (bicyclic) bond motifs is 1. The molecular weight excluding hydrogens is 206 g/mol. The summed E-state index contributed by atoms with van der Waals surface area (Å²) in [6.45, 7) is 6.38. The molecule has 1 nitrogen and oxygen atoms in total. The number of para-hydroxylation sites is 1. The topological polar surface area (TPSA) is 12.9 Å². The summed E-state index contributed by atoms with van der Waals surface area (Å²) >= 11 is 0. The van der Waals surface area contributed by atoms with Crippen LogP contribution in [0.15, 0.2) is 42.6 Å². The molecule has 0 N–H and O–H groups in total. The van der Waals surface area contributed by atoms with E-state index in [4.69, 9.17) is 0 Å². The monoisotopic (exact) mass is 227 g/mol. The molecule has 1 aromatic carbocycles. The van der Waals surface area contributed by atoms with E-state index in [2.05, 4.69) is 50.0 Å². The molecule has 1 heteroatoms. The second kappa shape index (κ2) is 7.61. The molecule has 0 unspecified atom stereocenters. The average molecular weight is 227 g/mol. The second-order valence-electron chi connectivity index (χ2n) is 3.98. The van der Waals surface area contributed by atoms with E-state index >= 15 is 0 Å². The summed E-state index contributed by atoms with van der Waals surface area (Å²) in [4.78, 5) is 4.38. The highest BCUT2D eigenvalue weighted by Gasteiger charge is 1.93. The minimum Gasteiger partial charge on any atom is -0.256 e. The smallest absolute Gasteiger partial charge is 0.0702 e. The van der Waals surface area contributed by atoms with Gasteiger partial charge in [0.15, 0.2) is 0 Å². The zero-order chi connectivity index (χ0) is 12.5. The third-order valence-corrected chi connectivity index (χ3v) is 2.16. The van der Waals surface area contributed by atoms with Gasteiger partial charge in [0.1, 0.15) is 0 Å². The highest BCUT2D eigenvalue weighted by atomic mass is 14.6. The molecule has 0 saturated heterocycles. The molecule has 90 valence electrons. The lowest BCUT2D eigenvalue weighted by Gasteiger charge is -1.97. The molecule has 0 bridgehead atoms. The van der Waals surface area contributed by atoms with Crippen LogP contribution in [0.25, 0.3) is 17.0 Å². The quantitative estimate of drug-likeness (QED) is 0.697. The molecule has 0 atom stereocenters. The fourth-order valence-electron chi connectivity index (χ4n) is 1.43. The van der Waals surface area contributed by atoms with E-state index in [1.807, 2.05) is 24.4 Å². The van der Waals surface area contributed by atoms with Crippen LogP contribution < -0.4 is 0 Å². The molecule has 0 amide bonds. The third kappa shape index (κ3) is 4.39. The first kappa shape index (κ1) is 13.4. The highest BCUT2D eigenvalue weighted by Crippen LogP contribution is 2.13. The van der Waals surface area contributed by atoms with Gasteiger partial charge in [-0.05, 0) is 24.1 Å². The molecule has 1 aromatic heterocycles. The van der Waals surface area contributed by atoms with E-state index in [9.17, 15) is 0 Å². The molecule has 0 fully saturated rings. The van der Waals surface area contributed by atoms with Crippen LogP contribution in [0, 0.1) is 0 Å². The van der Waals surface area contributed by atoms with Crippen LogP contribution in [0.5, 0.6) is 0 Å². The predicted molar refractivity (Wildman–Crippen MR) is 77.0 cm³/mol. The fourth-order valence-corrected chi connectivity index (χ4v) is 1.43. The minimum atomic E-state index is 1.06. The van der Waals surface area contributed by atoms with Crippen molar-refractivity contribution in [2.75, 3.05) is 0 Å². The maximum atomic E-state index is 4.38. The third-order valence-electron chi connectivity index (χ3n) is 2.16. The van der Waals surface area contributed by atoms with Gasteiger partial charge in [-0.15, -0.1) is 0 Å². The van der Waals surface area contributed by atoms with E-state index in [0.717, 1.165) is 11.9 Å². The van der Waals surface area contributed by atoms with Crippen LogP contribution in [0.2, 0.25) is 0 Å².